The number of benzene rings is 1. The van der Waals surface area contributed by atoms with Crippen molar-refractivity contribution in [3.8, 4) is 17.4 Å². The Labute approximate surface area is 158 Å². The molecule has 0 radical (unpaired) electrons. The van der Waals surface area contributed by atoms with Crippen molar-refractivity contribution < 1.29 is 13.2 Å². The summed E-state index contributed by atoms with van der Waals surface area (Å²) in [5.74, 6) is 1.77. The molecule has 0 aliphatic heterocycles. The predicted octanol–water partition coefficient (Wildman–Crippen LogP) is 2.03. The Morgan fingerprint density at radius 2 is 1.93 bits per heavy atom. The van der Waals surface area contributed by atoms with Crippen LogP contribution >= 0.6 is 0 Å². The molecule has 0 saturated carbocycles. The van der Waals surface area contributed by atoms with Gasteiger partial charge in [-0.3, -0.25) is 0 Å². The second-order valence-corrected chi connectivity index (χ2v) is 7.54. The SMILES string of the molecule is CCOc1ccc(S(=O)(=O)NCCn2ccnc2-c2ncccn2)cc1C. The van der Waals surface area contributed by atoms with Gasteiger partial charge in [0.05, 0.1) is 11.5 Å². The van der Waals surface area contributed by atoms with Gasteiger partial charge in [-0.1, -0.05) is 0 Å². The molecule has 0 bridgehead atoms. The minimum atomic E-state index is -3.62. The van der Waals surface area contributed by atoms with Crippen molar-refractivity contribution in [3.05, 3.63) is 54.6 Å². The van der Waals surface area contributed by atoms with Crippen molar-refractivity contribution in [2.24, 2.45) is 0 Å². The second-order valence-electron chi connectivity index (χ2n) is 5.77. The summed E-state index contributed by atoms with van der Waals surface area (Å²) in [5, 5.41) is 0. The fourth-order valence-electron chi connectivity index (χ4n) is 2.60. The maximum absolute atomic E-state index is 12.5. The number of hydrogen-bond acceptors (Lipinski definition) is 6. The van der Waals surface area contributed by atoms with Crippen LogP contribution in [0.3, 0.4) is 0 Å². The van der Waals surface area contributed by atoms with E-state index >= 15 is 0 Å². The maximum atomic E-state index is 12.5. The average Bonchev–Trinajstić information content (AvgIpc) is 3.12. The summed E-state index contributed by atoms with van der Waals surface area (Å²) in [6.45, 7) is 4.86. The quantitative estimate of drug-likeness (QED) is 0.635. The van der Waals surface area contributed by atoms with Gasteiger partial charge >= 0.3 is 0 Å². The fourth-order valence-corrected chi connectivity index (χ4v) is 3.71. The van der Waals surface area contributed by atoms with E-state index in [-0.39, 0.29) is 11.4 Å². The highest BCUT2D eigenvalue weighted by Gasteiger charge is 2.16. The van der Waals surface area contributed by atoms with E-state index < -0.39 is 10.0 Å². The number of rotatable bonds is 8. The molecule has 0 unspecified atom stereocenters. The van der Waals surface area contributed by atoms with Crippen LogP contribution in [-0.4, -0.2) is 41.1 Å². The molecule has 0 spiro atoms. The van der Waals surface area contributed by atoms with Crippen molar-refractivity contribution in [1.29, 1.82) is 0 Å². The van der Waals surface area contributed by atoms with Crippen LogP contribution < -0.4 is 9.46 Å². The van der Waals surface area contributed by atoms with E-state index in [1.54, 1.807) is 53.6 Å². The van der Waals surface area contributed by atoms with Crippen molar-refractivity contribution in [1.82, 2.24) is 24.2 Å². The lowest BCUT2D eigenvalue weighted by Crippen LogP contribution is -2.27. The number of nitrogens with one attached hydrogen (secondary N) is 1. The molecular weight excluding hydrogens is 366 g/mol. The standard InChI is InChI=1S/C18H21N5O3S/c1-3-26-16-6-5-15(13-14(16)2)27(24,25)22-10-12-23-11-9-21-18(23)17-19-7-4-8-20-17/h4-9,11,13,22H,3,10,12H2,1-2H3. The van der Waals surface area contributed by atoms with Crippen LogP contribution in [-0.2, 0) is 16.6 Å². The lowest BCUT2D eigenvalue weighted by Gasteiger charge is -2.11. The van der Waals surface area contributed by atoms with E-state index in [4.69, 9.17) is 4.74 Å². The van der Waals surface area contributed by atoms with E-state index in [1.807, 2.05) is 13.8 Å². The minimum Gasteiger partial charge on any atom is -0.494 e. The fraction of sp³-hybridized carbons (Fsp3) is 0.278. The van der Waals surface area contributed by atoms with Gasteiger partial charge in [0.2, 0.25) is 10.0 Å². The molecular formula is C18H21N5O3S. The summed E-state index contributed by atoms with van der Waals surface area (Å²) >= 11 is 0. The highest BCUT2D eigenvalue weighted by atomic mass is 32.2. The van der Waals surface area contributed by atoms with Crippen LogP contribution in [0.25, 0.3) is 11.6 Å². The molecule has 0 atom stereocenters. The van der Waals surface area contributed by atoms with Crippen LogP contribution in [0.1, 0.15) is 12.5 Å². The first-order valence-corrected chi connectivity index (χ1v) is 10.0. The molecule has 2 heterocycles. The summed E-state index contributed by atoms with van der Waals surface area (Å²) in [7, 11) is -3.62. The van der Waals surface area contributed by atoms with Crippen molar-refractivity contribution in [3.63, 3.8) is 0 Å². The molecule has 0 saturated heterocycles. The van der Waals surface area contributed by atoms with Crippen molar-refractivity contribution in [2.75, 3.05) is 13.2 Å². The number of nitrogens with zero attached hydrogens (tertiary/aromatic N) is 4. The van der Waals surface area contributed by atoms with E-state index in [9.17, 15) is 8.42 Å². The lowest BCUT2D eigenvalue weighted by molar-refractivity contribution is 0.337. The number of aromatic nitrogens is 4. The van der Waals surface area contributed by atoms with Gasteiger partial charge in [0.15, 0.2) is 11.6 Å². The van der Waals surface area contributed by atoms with Gasteiger partial charge < -0.3 is 9.30 Å². The first-order chi connectivity index (χ1) is 13.0. The zero-order valence-corrected chi connectivity index (χ0v) is 16.0. The highest BCUT2D eigenvalue weighted by Crippen LogP contribution is 2.21. The number of aryl methyl sites for hydroxylation is 1. The zero-order valence-electron chi connectivity index (χ0n) is 15.2. The van der Waals surface area contributed by atoms with Gasteiger partial charge in [-0.25, -0.2) is 28.1 Å². The van der Waals surface area contributed by atoms with Gasteiger partial charge in [0, 0.05) is 37.9 Å². The molecule has 1 N–H and O–H groups in total. The molecule has 0 aliphatic rings. The Bertz CT molecular complexity index is 1000. The lowest BCUT2D eigenvalue weighted by atomic mass is 10.2. The smallest absolute Gasteiger partial charge is 0.240 e. The Morgan fingerprint density at radius 1 is 1.15 bits per heavy atom. The number of sulfonamides is 1. The Hall–Kier alpha value is -2.78. The van der Waals surface area contributed by atoms with Gasteiger partial charge in [0.25, 0.3) is 0 Å². The van der Waals surface area contributed by atoms with Crippen LogP contribution in [0, 0.1) is 6.92 Å². The molecule has 0 aliphatic carbocycles. The highest BCUT2D eigenvalue weighted by molar-refractivity contribution is 7.89. The summed E-state index contributed by atoms with van der Waals surface area (Å²) in [5.41, 5.74) is 0.776. The third kappa shape index (κ3) is 4.50. The third-order valence-electron chi connectivity index (χ3n) is 3.88. The van der Waals surface area contributed by atoms with E-state index in [1.165, 1.54) is 0 Å². The summed E-state index contributed by atoms with van der Waals surface area (Å²) in [6, 6.07) is 6.55. The molecule has 9 heteroatoms. The van der Waals surface area contributed by atoms with Gasteiger partial charge in [-0.05, 0) is 43.7 Å². The van der Waals surface area contributed by atoms with E-state index in [0.717, 1.165) is 5.56 Å². The van der Waals surface area contributed by atoms with E-state index in [2.05, 4.69) is 19.7 Å². The van der Waals surface area contributed by atoms with Crippen LogP contribution in [0.15, 0.2) is 53.9 Å². The first-order valence-electron chi connectivity index (χ1n) is 8.53. The molecule has 8 nitrogen and oxygen atoms in total. The molecule has 142 valence electrons. The average molecular weight is 387 g/mol. The van der Waals surface area contributed by atoms with Gasteiger partial charge in [0.1, 0.15) is 5.75 Å². The Kier molecular flexibility index (Phi) is 5.82. The van der Waals surface area contributed by atoms with Crippen LogP contribution in [0.5, 0.6) is 5.75 Å². The molecule has 27 heavy (non-hydrogen) atoms. The monoisotopic (exact) mass is 387 g/mol. The van der Waals surface area contributed by atoms with Crippen molar-refractivity contribution >= 4 is 10.0 Å². The Balaban J connectivity index is 1.67. The van der Waals surface area contributed by atoms with Gasteiger partial charge in [-0.15, -0.1) is 0 Å². The molecule has 0 amide bonds. The molecule has 3 aromatic rings. The van der Waals surface area contributed by atoms with Crippen LogP contribution in [0.4, 0.5) is 0 Å². The molecule has 2 aromatic heterocycles. The van der Waals surface area contributed by atoms with Gasteiger partial charge in [-0.2, -0.15) is 0 Å². The number of hydrogen-bond donors (Lipinski definition) is 1. The summed E-state index contributed by atoms with van der Waals surface area (Å²) in [6.07, 6.45) is 6.67. The second kappa shape index (κ2) is 8.28. The largest absolute Gasteiger partial charge is 0.494 e. The Morgan fingerprint density at radius 3 is 2.63 bits per heavy atom. The minimum absolute atomic E-state index is 0.209. The van der Waals surface area contributed by atoms with Crippen molar-refractivity contribution in [2.45, 2.75) is 25.3 Å². The molecule has 1 aromatic carbocycles. The molecule has 0 fully saturated rings. The summed E-state index contributed by atoms with van der Waals surface area (Å²) < 4.78 is 34.9. The normalized spacial score (nSPS) is 11.5. The third-order valence-corrected chi connectivity index (χ3v) is 5.34. The topological polar surface area (TPSA) is 99.0 Å². The summed E-state index contributed by atoms with van der Waals surface area (Å²) in [4.78, 5) is 12.8. The molecule has 3 rings (SSSR count). The predicted molar refractivity (Wildman–Crippen MR) is 101 cm³/mol. The number of ether oxygens (including phenoxy) is 1. The van der Waals surface area contributed by atoms with E-state index in [0.29, 0.717) is 30.5 Å². The zero-order chi connectivity index (χ0) is 19.3. The van der Waals surface area contributed by atoms with Crippen LogP contribution in [0.2, 0.25) is 0 Å². The number of imidazole rings is 1. The first kappa shape index (κ1) is 19.0. The maximum Gasteiger partial charge on any atom is 0.240 e.